The number of rotatable bonds is 7. The summed E-state index contributed by atoms with van der Waals surface area (Å²) in [6.45, 7) is 18.8. The van der Waals surface area contributed by atoms with E-state index in [9.17, 15) is 0 Å². The molecule has 0 spiro atoms. The van der Waals surface area contributed by atoms with E-state index in [0.717, 1.165) is 19.6 Å². The maximum absolute atomic E-state index is 3.60. The lowest BCUT2D eigenvalue weighted by Gasteiger charge is -2.30. The molecule has 0 aliphatic rings. The Hall–Kier alpha value is -0.860. The van der Waals surface area contributed by atoms with Crippen molar-refractivity contribution in [3.05, 3.63) is 34.4 Å². The fraction of sp³-hybridized carbons (Fsp3) is 0.667. The second kappa shape index (κ2) is 7.80. The first kappa shape index (κ1) is 17.2. The second-order valence-electron chi connectivity index (χ2n) is 6.48. The van der Waals surface area contributed by atoms with Crippen molar-refractivity contribution < 1.29 is 0 Å². The van der Waals surface area contributed by atoms with Gasteiger partial charge in [-0.1, -0.05) is 17.7 Å². The van der Waals surface area contributed by atoms with Gasteiger partial charge >= 0.3 is 0 Å². The summed E-state index contributed by atoms with van der Waals surface area (Å²) in [5.41, 5.74) is 5.62. The maximum atomic E-state index is 3.60. The van der Waals surface area contributed by atoms with Gasteiger partial charge in [0, 0.05) is 31.7 Å². The standard InChI is InChI=1S/C18H32N2/c1-13(2)20(14(3)4)9-8-19-12-18-16(6)10-15(5)11-17(18)7/h10-11,13-14,19H,8-9,12H2,1-7H3. The van der Waals surface area contributed by atoms with Crippen molar-refractivity contribution in [2.24, 2.45) is 0 Å². The van der Waals surface area contributed by atoms with Crippen molar-refractivity contribution in [3.63, 3.8) is 0 Å². The number of nitrogens with one attached hydrogen (secondary N) is 1. The highest BCUT2D eigenvalue weighted by Crippen LogP contribution is 2.16. The normalized spacial score (nSPS) is 11.9. The average molecular weight is 276 g/mol. The van der Waals surface area contributed by atoms with Crippen LogP contribution in [-0.4, -0.2) is 30.1 Å². The van der Waals surface area contributed by atoms with Crippen molar-refractivity contribution in [1.82, 2.24) is 10.2 Å². The maximum Gasteiger partial charge on any atom is 0.0211 e. The molecule has 2 nitrogen and oxygen atoms in total. The Kier molecular flexibility index (Phi) is 6.70. The highest BCUT2D eigenvalue weighted by atomic mass is 15.2. The Balaban J connectivity index is 2.49. The molecule has 0 heterocycles. The van der Waals surface area contributed by atoms with Crippen molar-refractivity contribution in [1.29, 1.82) is 0 Å². The Labute approximate surface area is 125 Å². The number of nitrogens with zero attached hydrogens (tertiary/aromatic N) is 1. The van der Waals surface area contributed by atoms with Gasteiger partial charge in [0.15, 0.2) is 0 Å². The van der Waals surface area contributed by atoms with Crippen LogP contribution in [0.15, 0.2) is 12.1 Å². The lowest BCUT2D eigenvalue weighted by molar-refractivity contribution is 0.176. The number of aryl methyl sites for hydroxylation is 3. The molecule has 0 aromatic heterocycles. The van der Waals surface area contributed by atoms with Crippen molar-refractivity contribution >= 4 is 0 Å². The predicted molar refractivity (Wildman–Crippen MR) is 89.3 cm³/mol. The van der Waals surface area contributed by atoms with Gasteiger partial charge in [0.25, 0.3) is 0 Å². The summed E-state index contributed by atoms with van der Waals surface area (Å²) in [6, 6.07) is 5.77. The minimum Gasteiger partial charge on any atom is -0.311 e. The summed E-state index contributed by atoms with van der Waals surface area (Å²) in [5.74, 6) is 0. The van der Waals surface area contributed by atoms with Gasteiger partial charge < -0.3 is 5.32 Å². The molecule has 0 fully saturated rings. The van der Waals surface area contributed by atoms with Gasteiger partial charge in [0.1, 0.15) is 0 Å². The summed E-state index contributed by atoms with van der Waals surface area (Å²) in [6.07, 6.45) is 0. The molecule has 0 bridgehead atoms. The van der Waals surface area contributed by atoms with Gasteiger partial charge in [-0.3, -0.25) is 4.90 Å². The first-order chi connectivity index (χ1) is 9.32. The van der Waals surface area contributed by atoms with E-state index in [1.807, 2.05) is 0 Å². The van der Waals surface area contributed by atoms with Crippen LogP contribution in [0.2, 0.25) is 0 Å². The number of hydrogen-bond donors (Lipinski definition) is 1. The molecule has 20 heavy (non-hydrogen) atoms. The van der Waals surface area contributed by atoms with Gasteiger partial charge in [0.05, 0.1) is 0 Å². The highest BCUT2D eigenvalue weighted by Gasteiger charge is 2.12. The van der Waals surface area contributed by atoms with Gasteiger partial charge in [-0.05, 0) is 65.2 Å². The topological polar surface area (TPSA) is 15.3 Å². The van der Waals surface area contributed by atoms with Gasteiger partial charge in [-0.25, -0.2) is 0 Å². The van der Waals surface area contributed by atoms with Crippen LogP contribution < -0.4 is 5.32 Å². The van der Waals surface area contributed by atoms with E-state index in [-0.39, 0.29) is 0 Å². The minimum absolute atomic E-state index is 0.611. The Morgan fingerprint density at radius 2 is 1.45 bits per heavy atom. The fourth-order valence-corrected chi connectivity index (χ4v) is 3.02. The SMILES string of the molecule is Cc1cc(C)c(CNCCN(C(C)C)C(C)C)c(C)c1. The second-order valence-corrected chi connectivity index (χ2v) is 6.48. The Morgan fingerprint density at radius 1 is 0.950 bits per heavy atom. The van der Waals surface area contributed by atoms with Gasteiger partial charge in [-0.15, -0.1) is 0 Å². The molecular formula is C18H32N2. The monoisotopic (exact) mass is 276 g/mol. The van der Waals surface area contributed by atoms with E-state index in [4.69, 9.17) is 0 Å². The molecule has 1 aromatic carbocycles. The van der Waals surface area contributed by atoms with E-state index in [1.165, 1.54) is 22.3 Å². The average Bonchev–Trinajstić information content (AvgIpc) is 2.30. The van der Waals surface area contributed by atoms with E-state index in [1.54, 1.807) is 0 Å². The molecule has 0 atom stereocenters. The fourth-order valence-electron chi connectivity index (χ4n) is 3.02. The summed E-state index contributed by atoms with van der Waals surface area (Å²) in [7, 11) is 0. The van der Waals surface area contributed by atoms with E-state index < -0.39 is 0 Å². The third kappa shape index (κ3) is 4.92. The first-order valence-electron chi connectivity index (χ1n) is 7.86. The molecule has 0 saturated carbocycles. The van der Waals surface area contributed by atoms with Crippen LogP contribution >= 0.6 is 0 Å². The largest absolute Gasteiger partial charge is 0.311 e. The molecule has 0 radical (unpaired) electrons. The molecule has 1 aromatic rings. The zero-order valence-electron chi connectivity index (χ0n) is 14.4. The van der Waals surface area contributed by atoms with Gasteiger partial charge in [-0.2, -0.15) is 0 Å². The van der Waals surface area contributed by atoms with E-state index >= 15 is 0 Å². The van der Waals surface area contributed by atoms with Crippen LogP contribution in [0.4, 0.5) is 0 Å². The smallest absolute Gasteiger partial charge is 0.0211 e. The summed E-state index contributed by atoms with van der Waals surface area (Å²) in [5, 5.41) is 3.60. The molecule has 2 heteroatoms. The van der Waals surface area contributed by atoms with Crippen molar-refractivity contribution in [3.8, 4) is 0 Å². The molecule has 0 unspecified atom stereocenters. The van der Waals surface area contributed by atoms with Crippen LogP contribution in [-0.2, 0) is 6.54 Å². The molecule has 1 N–H and O–H groups in total. The summed E-state index contributed by atoms with van der Waals surface area (Å²) < 4.78 is 0. The minimum atomic E-state index is 0.611. The lowest BCUT2D eigenvalue weighted by Crippen LogP contribution is -2.41. The summed E-state index contributed by atoms with van der Waals surface area (Å²) >= 11 is 0. The molecule has 0 amide bonds. The van der Waals surface area contributed by atoms with E-state index in [0.29, 0.717) is 12.1 Å². The quantitative estimate of drug-likeness (QED) is 0.762. The third-order valence-corrected chi connectivity index (χ3v) is 4.02. The van der Waals surface area contributed by atoms with Crippen LogP contribution in [0, 0.1) is 20.8 Å². The predicted octanol–water partition coefficient (Wildman–Crippen LogP) is 3.82. The van der Waals surface area contributed by atoms with E-state index in [2.05, 4.69) is 70.8 Å². The Morgan fingerprint density at radius 3 is 1.90 bits per heavy atom. The van der Waals surface area contributed by atoms with Crippen LogP contribution in [0.25, 0.3) is 0 Å². The third-order valence-electron chi connectivity index (χ3n) is 4.02. The van der Waals surface area contributed by atoms with Crippen molar-refractivity contribution in [2.45, 2.75) is 67.1 Å². The highest BCUT2D eigenvalue weighted by molar-refractivity contribution is 5.37. The van der Waals surface area contributed by atoms with Crippen LogP contribution in [0.5, 0.6) is 0 Å². The summed E-state index contributed by atoms with van der Waals surface area (Å²) in [4.78, 5) is 2.53. The molecule has 0 saturated heterocycles. The van der Waals surface area contributed by atoms with Crippen LogP contribution in [0.3, 0.4) is 0 Å². The zero-order chi connectivity index (χ0) is 15.3. The van der Waals surface area contributed by atoms with Gasteiger partial charge in [0.2, 0.25) is 0 Å². The Bertz CT molecular complexity index is 390. The molecule has 1 rings (SSSR count). The molecule has 114 valence electrons. The molecule has 0 aliphatic heterocycles. The first-order valence-corrected chi connectivity index (χ1v) is 7.86. The van der Waals surface area contributed by atoms with Crippen LogP contribution in [0.1, 0.15) is 49.9 Å². The molecule has 0 aliphatic carbocycles. The van der Waals surface area contributed by atoms with Crippen molar-refractivity contribution in [2.75, 3.05) is 13.1 Å². The zero-order valence-corrected chi connectivity index (χ0v) is 14.4. The number of benzene rings is 1. The molecular weight excluding hydrogens is 244 g/mol. The number of hydrogen-bond acceptors (Lipinski definition) is 2. The lowest BCUT2D eigenvalue weighted by atomic mass is 10.00.